The Bertz CT molecular complexity index is 869. The van der Waals surface area contributed by atoms with Gasteiger partial charge in [0.05, 0.1) is 23.8 Å². The van der Waals surface area contributed by atoms with Crippen LogP contribution >= 0.6 is 11.9 Å². The molecule has 28 heavy (non-hydrogen) atoms. The predicted molar refractivity (Wildman–Crippen MR) is 118 cm³/mol. The molecule has 150 valence electrons. The van der Waals surface area contributed by atoms with Gasteiger partial charge in [0.15, 0.2) is 0 Å². The summed E-state index contributed by atoms with van der Waals surface area (Å²) in [6.07, 6.45) is 15.9. The molecular weight excluding hydrogens is 368 g/mol. The zero-order valence-electron chi connectivity index (χ0n) is 17.0. The minimum Gasteiger partial charge on any atom is -0.380 e. The summed E-state index contributed by atoms with van der Waals surface area (Å²) in [5.41, 5.74) is 3.37. The second-order valence-electron chi connectivity index (χ2n) is 6.93. The van der Waals surface area contributed by atoms with Crippen LogP contribution in [0.5, 0.6) is 0 Å². The Hall–Kier alpha value is -1.89. The van der Waals surface area contributed by atoms with Crippen LogP contribution in [0.1, 0.15) is 38.9 Å². The van der Waals surface area contributed by atoms with Crippen LogP contribution in [-0.2, 0) is 11.3 Å². The SMILES string of the molecule is CCCC(COCC)NSC1=CCC=C(Cn2c(C)nc3ccncc32)C=C1. The Kier molecular flexibility index (Phi) is 7.89. The topological polar surface area (TPSA) is 52.0 Å². The first kappa shape index (κ1) is 20.8. The average Bonchev–Trinajstić information content (AvgIpc) is 2.87. The first-order valence-electron chi connectivity index (χ1n) is 10.1. The van der Waals surface area contributed by atoms with Crippen LogP contribution in [0.25, 0.3) is 11.0 Å². The quantitative estimate of drug-likeness (QED) is 0.574. The molecule has 0 amide bonds. The first-order chi connectivity index (χ1) is 13.7. The van der Waals surface area contributed by atoms with E-state index in [0.29, 0.717) is 6.04 Å². The van der Waals surface area contributed by atoms with Gasteiger partial charge in [-0.1, -0.05) is 31.6 Å². The number of ether oxygens (including phenoxy) is 1. The molecule has 3 rings (SSSR count). The van der Waals surface area contributed by atoms with Gasteiger partial charge in [-0.3, -0.25) is 9.71 Å². The Morgan fingerprint density at radius 1 is 1.29 bits per heavy atom. The van der Waals surface area contributed by atoms with E-state index in [1.54, 1.807) is 18.1 Å². The van der Waals surface area contributed by atoms with Crippen LogP contribution in [-0.4, -0.2) is 33.8 Å². The van der Waals surface area contributed by atoms with Crippen molar-refractivity contribution in [2.24, 2.45) is 0 Å². The smallest absolute Gasteiger partial charge is 0.107 e. The minimum absolute atomic E-state index is 0.382. The van der Waals surface area contributed by atoms with E-state index in [1.165, 1.54) is 10.5 Å². The van der Waals surface area contributed by atoms with Crippen LogP contribution < -0.4 is 4.72 Å². The summed E-state index contributed by atoms with van der Waals surface area (Å²) < 4.78 is 11.4. The molecular formula is C22H30N4OS. The molecule has 0 fully saturated rings. The molecule has 0 aromatic carbocycles. The van der Waals surface area contributed by atoms with Crippen molar-refractivity contribution in [1.29, 1.82) is 0 Å². The van der Waals surface area contributed by atoms with Crippen molar-refractivity contribution in [2.75, 3.05) is 13.2 Å². The molecule has 0 aliphatic heterocycles. The number of nitrogens with one attached hydrogen (secondary N) is 1. The average molecular weight is 399 g/mol. The van der Waals surface area contributed by atoms with Crippen LogP contribution in [0.2, 0.25) is 0 Å². The third-order valence-corrected chi connectivity index (χ3v) is 5.74. The molecule has 5 nitrogen and oxygen atoms in total. The van der Waals surface area contributed by atoms with Gasteiger partial charge in [0.1, 0.15) is 5.82 Å². The van der Waals surface area contributed by atoms with Crippen LogP contribution in [0.3, 0.4) is 0 Å². The standard InChI is InChI=1S/C22H30N4OS/c1-4-7-19(16-27-5-2)25-28-20-9-6-8-18(10-11-20)15-26-17(3)24-21-12-13-23-14-22(21)26/h8-14,19,25H,4-7,15-16H2,1-3H3. The summed E-state index contributed by atoms with van der Waals surface area (Å²) in [7, 11) is 0. The number of aryl methyl sites for hydroxylation is 1. The number of aromatic nitrogens is 3. The van der Waals surface area contributed by atoms with E-state index in [4.69, 9.17) is 4.74 Å². The van der Waals surface area contributed by atoms with Gasteiger partial charge in [-0.25, -0.2) is 4.98 Å². The molecule has 1 atom stereocenters. The van der Waals surface area contributed by atoms with Crippen LogP contribution in [0.15, 0.2) is 53.2 Å². The van der Waals surface area contributed by atoms with E-state index in [9.17, 15) is 0 Å². The van der Waals surface area contributed by atoms with Crippen molar-refractivity contribution in [3.8, 4) is 0 Å². The molecule has 2 heterocycles. The fourth-order valence-electron chi connectivity index (χ4n) is 3.25. The van der Waals surface area contributed by atoms with Gasteiger partial charge in [0.2, 0.25) is 0 Å². The normalized spacial score (nSPS) is 15.4. The van der Waals surface area contributed by atoms with Gasteiger partial charge < -0.3 is 9.30 Å². The molecule has 1 unspecified atom stereocenters. The van der Waals surface area contributed by atoms with Gasteiger partial charge in [0.25, 0.3) is 0 Å². The van der Waals surface area contributed by atoms with Crippen molar-refractivity contribution in [1.82, 2.24) is 19.3 Å². The molecule has 0 saturated carbocycles. The number of pyridine rings is 1. The van der Waals surface area contributed by atoms with Gasteiger partial charge in [-0.2, -0.15) is 0 Å². The fraction of sp³-hybridized carbons (Fsp3) is 0.455. The zero-order valence-corrected chi connectivity index (χ0v) is 17.8. The van der Waals surface area contributed by atoms with E-state index in [0.717, 1.165) is 55.9 Å². The lowest BCUT2D eigenvalue weighted by molar-refractivity contribution is 0.127. The lowest BCUT2D eigenvalue weighted by Crippen LogP contribution is -2.28. The molecule has 0 radical (unpaired) electrons. The van der Waals surface area contributed by atoms with E-state index in [2.05, 4.69) is 57.4 Å². The molecule has 2 aromatic rings. The fourth-order valence-corrected chi connectivity index (χ4v) is 4.06. The Balaban J connectivity index is 1.60. The molecule has 0 saturated heterocycles. The molecule has 6 heteroatoms. The predicted octanol–water partition coefficient (Wildman–Crippen LogP) is 4.95. The maximum absolute atomic E-state index is 5.60. The third kappa shape index (κ3) is 5.56. The Labute approximate surface area is 172 Å². The van der Waals surface area contributed by atoms with E-state index in [1.807, 2.05) is 19.2 Å². The number of allylic oxidation sites excluding steroid dienone is 5. The summed E-state index contributed by atoms with van der Waals surface area (Å²) >= 11 is 1.71. The largest absolute Gasteiger partial charge is 0.380 e. The summed E-state index contributed by atoms with van der Waals surface area (Å²) in [4.78, 5) is 10.1. The summed E-state index contributed by atoms with van der Waals surface area (Å²) in [5, 5.41) is 0. The first-order valence-corrected chi connectivity index (χ1v) is 10.9. The summed E-state index contributed by atoms with van der Waals surface area (Å²) in [5.74, 6) is 1.02. The van der Waals surface area contributed by atoms with Crippen molar-refractivity contribution < 1.29 is 4.74 Å². The van der Waals surface area contributed by atoms with E-state index < -0.39 is 0 Å². The van der Waals surface area contributed by atoms with Gasteiger partial charge in [0, 0.05) is 30.3 Å². The van der Waals surface area contributed by atoms with Crippen molar-refractivity contribution in [3.05, 3.63) is 59.1 Å². The van der Waals surface area contributed by atoms with E-state index in [-0.39, 0.29) is 0 Å². The Morgan fingerprint density at radius 2 is 2.18 bits per heavy atom. The highest BCUT2D eigenvalue weighted by Gasteiger charge is 2.11. The second kappa shape index (κ2) is 10.6. The monoisotopic (exact) mass is 398 g/mol. The van der Waals surface area contributed by atoms with Crippen LogP contribution in [0.4, 0.5) is 0 Å². The van der Waals surface area contributed by atoms with Gasteiger partial charge in [-0.05, 0) is 56.4 Å². The van der Waals surface area contributed by atoms with Crippen molar-refractivity contribution >= 4 is 23.0 Å². The molecule has 2 aromatic heterocycles. The molecule has 1 aliphatic carbocycles. The lowest BCUT2D eigenvalue weighted by Gasteiger charge is -2.17. The van der Waals surface area contributed by atoms with E-state index >= 15 is 0 Å². The Morgan fingerprint density at radius 3 is 3.00 bits per heavy atom. The molecule has 0 bridgehead atoms. The maximum Gasteiger partial charge on any atom is 0.107 e. The number of imidazole rings is 1. The molecule has 1 N–H and O–H groups in total. The second-order valence-corrected chi connectivity index (χ2v) is 7.84. The number of hydrogen-bond donors (Lipinski definition) is 1. The van der Waals surface area contributed by atoms with Crippen LogP contribution in [0, 0.1) is 6.92 Å². The number of nitrogens with zero attached hydrogens (tertiary/aromatic N) is 3. The lowest BCUT2D eigenvalue weighted by atomic mass is 10.2. The summed E-state index contributed by atoms with van der Waals surface area (Å²) in [6.45, 7) is 8.65. The highest BCUT2D eigenvalue weighted by atomic mass is 32.2. The third-order valence-electron chi connectivity index (χ3n) is 4.75. The van der Waals surface area contributed by atoms with Gasteiger partial charge in [-0.15, -0.1) is 0 Å². The molecule has 0 spiro atoms. The number of hydrogen-bond acceptors (Lipinski definition) is 5. The van der Waals surface area contributed by atoms with Gasteiger partial charge >= 0.3 is 0 Å². The number of rotatable bonds is 10. The highest BCUT2D eigenvalue weighted by Crippen LogP contribution is 2.23. The minimum atomic E-state index is 0.382. The summed E-state index contributed by atoms with van der Waals surface area (Å²) in [6, 6.07) is 2.35. The highest BCUT2D eigenvalue weighted by molar-refractivity contribution is 8.01. The zero-order chi connectivity index (χ0) is 19.8. The van der Waals surface area contributed by atoms with Crippen molar-refractivity contribution in [3.63, 3.8) is 0 Å². The maximum atomic E-state index is 5.60. The number of fused-ring (bicyclic) bond motifs is 1. The molecule has 1 aliphatic rings. The van der Waals surface area contributed by atoms with Crippen molar-refractivity contribution in [2.45, 2.75) is 52.6 Å².